The monoisotopic (exact) mass is 286 g/mol. The van der Waals surface area contributed by atoms with Crippen LogP contribution in [0.3, 0.4) is 0 Å². The number of nitrogens with two attached hydrogens (primary N) is 1. The van der Waals surface area contributed by atoms with E-state index in [1.54, 1.807) is 19.5 Å². The molecule has 2 aromatic rings. The highest BCUT2D eigenvalue weighted by Gasteiger charge is 2.24. The van der Waals surface area contributed by atoms with Gasteiger partial charge in [-0.15, -0.1) is 0 Å². The lowest BCUT2D eigenvalue weighted by atomic mass is 9.86. The fourth-order valence-corrected chi connectivity index (χ4v) is 2.14. The predicted molar refractivity (Wildman–Crippen MR) is 83.6 cm³/mol. The van der Waals surface area contributed by atoms with Gasteiger partial charge >= 0.3 is 0 Å². The Morgan fingerprint density at radius 2 is 1.71 bits per heavy atom. The molecule has 0 saturated heterocycles. The molecule has 112 valence electrons. The van der Waals surface area contributed by atoms with Gasteiger partial charge in [0, 0.05) is 6.20 Å². The van der Waals surface area contributed by atoms with E-state index in [-0.39, 0.29) is 6.10 Å². The SMILES string of the molecule is COc1ccc(C(C)(N)c2cncc(OC(C)C)c2)cc1. The highest BCUT2D eigenvalue weighted by atomic mass is 16.5. The van der Waals surface area contributed by atoms with E-state index in [0.717, 1.165) is 22.6 Å². The molecule has 2 rings (SSSR count). The van der Waals surface area contributed by atoms with Crippen LogP contribution in [0.4, 0.5) is 0 Å². The van der Waals surface area contributed by atoms with Crippen molar-refractivity contribution in [1.82, 2.24) is 4.98 Å². The first-order chi connectivity index (χ1) is 9.93. The summed E-state index contributed by atoms with van der Waals surface area (Å²) < 4.78 is 10.9. The molecule has 4 nitrogen and oxygen atoms in total. The van der Waals surface area contributed by atoms with E-state index in [0.29, 0.717) is 0 Å². The maximum absolute atomic E-state index is 6.51. The molecular formula is C17H22N2O2. The molecule has 0 aliphatic heterocycles. The predicted octanol–water partition coefficient (Wildman–Crippen LogP) is 3.10. The molecule has 1 atom stereocenters. The summed E-state index contributed by atoms with van der Waals surface area (Å²) in [5.41, 5.74) is 7.77. The van der Waals surface area contributed by atoms with Gasteiger partial charge in [0.05, 0.1) is 24.9 Å². The zero-order chi connectivity index (χ0) is 15.5. The minimum absolute atomic E-state index is 0.104. The van der Waals surface area contributed by atoms with E-state index in [4.69, 9.17) is 15.2 Å². The van der Waals surface area contributed by atoms with Gasteiger partial charge in [0.2, 0.25) is 0 Å². The van der Waals surface area contributed by atoms with E-state index in [1.807, 2.05) is 51.1 Å². The minimum Gasteiger partial charge on any atom is -0.497 e. The Bertz CT molecular complexity index is 592. The van der Waals surface area contributed by atoms with Crippen LogP contribution in [0.25, 0.3) is 0 Å². The average Bonchev–Trinajstić information content (AvgIpc) is 2.47. The van der Waals surface area contributed by atoms with Gasteiger partial charge in [-0.1, -0.05) is 12.1 Å². The van der Waals surface area contributed by atoms with Crippen LogP contribution >= 0.6 is 0 Å². The first-order valence-corrected chi connectivity index (χ1v) is 6.99. The highest BCUT2D eigenvalue weighted by molar-refractivity contribution is 5.40. The smallest absolute Gasteiger partial charge is 0.138 e. The summed E-state index contributed by atoms with van der Waals surface area (Å²) in [6, 6.07) is 9.69. The summed E-state index contributed by atoms with van der Waals surface area (Å²) in [6.07, 6.45) is 3.58. The van der Waals surface area contributed by atoms with Gasteiger partial charge in [-0.3, -0.25) is 4.98 Å². The summed E-state index contributed by atoms with van der Waals surface area (Å²) in [5.74, 6) is 1.54. The average molecular weight is 286 g/mol. The second-order valence-electron chi connectivity index (χ2n) is 5.51. The maximum Gasteiger partial charge on any atom is 0.138 e. The Morgan fingerprint density at radius 3 is 2.29 bits per heavy atom. The lowest BCUT2D eigenvalue weighted by Crippen LogP contribution is -2.34. The van der Waals surface area contributed by atoms with Crippen molar-refractivity contribution in [3.63, 3.8) is 0 Å². The highest BCUT2D eigenvalue weighted by Crippen LogP contribution is 2.29. The Hall–Kier alpha value is -2.07. The van der Waals surface area contributed by atoms with Crippen LogP contribution < -0.4 is 15.2 Å². The third-order valence-electron chi connectivity index (χ3n) is 3.37. The molecule has 2 N–H and O–H groups in total. The largest absolute Gasteiger partial charge is 0.497 e. The molecule has 0 saturated carbocycles. The van der Waals surface area contributed by atoms with Crippen molar-refractivity contribution in [2.24, 2.45) is 5.73 Å². The standard InChI is InChI=1S/C17H22N2O2/c1-12(2)21-16-9-14(10-19-11-16)17(3,18)13-5-7-15(20-4)8-6-13/h5-12H,18H2,1-4H3. The van der Waals surface area contributed by atoms with Crippen LogP contribution in [0.5, 0.6) is 11.5 Å². The number of methoxy groups -OCH3 is 1. The van der Waals surface area contributed by atoms with Crippen LogP contribution in [0.1, 0.15) is 31.9 Å². The molecule has 4 heteroatoms. The van der Waals surface area contributed by atoms with Crippen molar-refractivity contribution in [2.75, 3.05) is 7.11 Å². The third-order valence-corrected chi connectivity index (χ3v) is 3.37. The summed E-state index contributed by atoms with van der Waals surface area (Å²) in [4.78, 5) is 4.23. The van der Waals surface area contributed by atoms with Crippen molar-refractivity contribution in [3.05, 3.63) is 53.9 Å². The molecule has 1 unspecified atom stereocenters. The van der Waals surface area contributed by atoms with Gasteiger partial charge in [-0.25, -0.2) is 0 Å². The van der Waals surface area contributed by atoms with Crippen molar-refractivity contribution in [3.8, 4) is 11.5 Å². The van der Waals surface area contributed by atoms with Crippen LogP contribution in [0.15, 0.2) is 42.7 Å². The number of hydrogen-bond donors (Lipinski definition) is 1. The summed E-state index contributed by atoms with van der Waals surface area (Å²) in [5, 5.41) is 0. The Labute approximate surface area is 125 Å². The van der Waals surface area contributed by atoms with Crippen LogP contribution in [-0.4, -0.2) is 18.2 Å². The van der Waals surface area contributed by atoms with Crippen LogP contribution in [-0.2, 0) is 5.54 Å². The van der Waals surface area contributed by atoms with Gasteiger partial charge < -0.3 is 15.2 Å². The molecule has 21 heavy (non-hydrogen) atoms. The molecule has 0 spiro atoms. The van der Waals surface area contributed by atoms with Crippen LogP contribution in [0.2, 0.25) is 0 Å². The molecule has 0 fully saturated rings. The van der Waals surface area contributed by atoms with Crippen molar-refractivity contribution < 1.29 is 9.47 Å². The van der Waals surface area contributed by atoms with E-state index < -0.39 is 5.54 Å². The second kappa shape index (κ2) is 6.14. The molecule has 0 amide bonds. The van der Waals surface area contributed by atoms with Crippen molar-refractivity contribution in [1.29, 1.82) is 0 Å². The fourth-order valence-electron chi connectivity index (χ4n) is 2.14. The summed E-state index contributed by atoms with van der Waals surface area (Å²) >= 11 is 0. The molecule has 0 aliphatic carbocycles. The molecule has 0 bridgehead atoms. The Balaban J connectivity index is 2.33. The molecule has 1 heterocycles. The van der Waals surface area contributed by atoms with Crippen molar-refractivity contribution >= 4 is 0 Å². The fraction of sp³-hybridized carbons (Fsp3) is 0.353. The number of benzene rings is 1. The molecule has 1 aromatic carbocycles. The van der Waals surface area contributed by atoms with E-state index in [1.165, 1.54) is 0 Å². The normalized spacial score (nSPS) is 13.8. The van der Waals surface area contributed by atoms with Gasteiger partial charge in [0.15, 0.2) is 0 Å². The lowest BCUT2D eigenvalue weighted by molar-refractivity contribution is 0.241. The Kier molecular flexibility index (Phi) is 4.48. The molecule has 0 radical (unpaired) electrons. The van der Waals surface area contributed by atoms with E-state index >= 15 is 0 Å². The second-order valence-corrected chi connectivity index (χ2v) is 5.51. The number of rotatable bonds is 5. The number of pyridine rings is 1. The topological polar surface area (TPSA) is 57.4 Å². The van der Waals surface area contributed by atoms with Gasteiger partial charge in [0.25, 0.3) is 0 Å². The quantitative estimate of drug-likeness (QED) is 0.917. The van der Waals surface area contributed by atoms with Crippen LogP contribution in [0, 0.1) is 0 Å². The number of ether oxygens (including phenoxy) is 2. The van der Waals surface area contributed by atoms with E-state index in [2.05, 4.69) is 4.98 Å². The number of nitrogens with zero attached hydrogens (tertiary/aromatic N) is 1. The lowest BCUT2D eigenvalue weighted by Gasteiger charge is -2.26. The van der Waals surface area contributed by atoms with Gasteiger partial charge in [-0.05, 0) is 50.1 Å². The number of aromatic nitrogens is 1. The summed E-state index contributed by atoms with van der Waals surface area (Å²) in [7, 11) is 1.65. The first kappa shape index (κ1) is 15.3. The zero-order valence-corrected chi connectivity index (χ0v) is 13.0. The minimum atomic E-state index is -0.643. The first-order valence-electron chi connectivity index (χ1n) is 6.99. The molecule has 0 aliphatic rings. The van der Waals surface area contributed by atoms with Gasteiger partial charge in [0.1, 0.15) is 11.5 Å². The van der Waals surface area contributed by atoms with Crippen molar-refractivity contribution in [2.45, 2.75) is 32.4 Å². The summed E-state index contributed by atoms with van der Waals surface area (Å²) in [6.45, 7) is 5.93. The molecule has 1 aromatic heterocycles. The Morgan fingerprint density at radius 1 is 1.05 bits per heavy atom. The van der Waals surface area contributed by atoms with E-state index in [9.17, 15) is 0 Å². The maximum atomic E-state index is 6.51. The zero-order valence-electron chi connectivity index (χ0n) is 13.0. The third kappa shape index (κ3) is 3.52. The number of hydrogen-bond acceptors (Lipinski definition) is 4. The molecular weight excluding hydrogens is 264 g/mol. The van der Waals surface area contributed by atoms with Gasteiger partial charge in [-0.2, -0.15) is 0 Å².